The van der Waals surface area contributed by atoms with Crippen LogP contribution in [0.2, 0.25) is 0 Å². The highest BCUT2D eigenvalue weighted by Crippen LogP contribution is 2.56. The zero-order chi connectivity index (χ0) is 18.1. The van der Waals surface area contributed by atoms with Crippen molar-refractivity contribution in [1.82, 2.24) is 4.90 Å². The minimum atomic E-state index is 0.128. The maximum absolute atomic E-state index is 6.13. The number of likely N-dealkylation sites (tertiary alicyclic amines) is 1. The van der Waals surface area contributed by atoms with E-state index in [0.717, 1.165) is 24.7 Å². The van der Waals surface area contributed by atoms with Crippen LogP contribution in [0.4, 0.5) is 0 Å². The Hall–Kier alpha value is -0.240. The summed E-state index contributed by atoms with van der Waals surface area (Å²) in [5.74, 6) is 3.35. The van der Waals surface area contributed by atoms with E-state index in [-0.39, 0.29) is 18.4 Å². The second-order valence-corrected chi connectivity index (χ2v) is 9.72. The standard InChI is InChI=1S/C21H33NO5/c1-22-19-13(4-3-11-7-16-17(8-14(11)19)26-9-25-16)12-5-6-15-20(27-10-24-15)18(12)21(22)23-2/h11-21H,3-10H2,1-2H3. The summed E-state index contributed by atoms with van der Waals surface area (Å²) in [5.41, 5.74) is 0. The topological polar surface area (TPSA) is 49.4 Å². The first-order valence-electron chi connectivity index (χ1n) is 11.0. The van der Waals surface area contributed by atoms with E-state index in [1.165, 1.54) is 25.7 Å². The summed E-state index contributed by atoms with van der Waals surface area (Å²) in [4.78, 5) is 2.57. The number of ether oxygens (including phenoxy) is 5. The molecule has 3 heterocycles. The molecule has 152 valence electrons. The molecule has 0 aromatic heterocycles. The highest BCUT2D eigenvalue weighted by molar-refractivity contribution is 5.09. The first-order valence-corrected chi connectivity index (χ1v) is 11.0. The van der Waals surface area contributed by atoms with Crippen LogP contribution >= 0.6 is 0 Å². The van der Waals surface area contributed by atoms with Gasteiger partial charge in [-0.2, -0.15) is 0 Å². The maximum Gasteiger partial charge on any atom is 0.147 e. The molecule has 0 aromatic rings. The third-order valence-electron chi connectivity index (χ3n) is 8.93. The molecule has 3 saturated carbocycles. The average Bonchev–Trinajstić information content (AvgIpc) is 3.34. The Morgan fingerprint density at radius 3 is 2.37 bits per heavy atom. The molecule has 0 radical (unpaired) electrons. The number of fused-ring (bicyclic) bond motifs is 8. The van der Waals surface area contributed by atoms with Crippen LogP contribution in [0, 0.1) is 29.6 Å². The van der Waals surface area contributed by atoms with Crippen molar-refractivity contribution in [3.8, 4) is 0 Å². The van der Waals surface area contributed by atoms with Crippen molar-refractivity contribution in [2.24, 2.45) is 29.6 Å². The molecule has 6 fully saturated rings. The van der Waals surface area contributed by atoms with Gasteiger partial charge >= 0.3 is 0 Å². The minimum absolute atomic E-state index is 0.128. The molecule has 27 heavy (non-hydrogen) atoms. The Bertz CT molecular complexity index is 575. The lowest BCUT2D eigenvalue weighted by Gasteiger charge is -2.61. The Morgan fingerprint density at radius 1 is 0.778 bits per heavy atom. The van der Waals surface area contributed by atoms with Crippen molar-refractivity contribution in [3.05, 3.63) is 0 Å². The van der Waals surface area contributed by atoms with Crippen molar-refractivity contribution in [2.45, 2.75) is 75.2 Å². The number of methoxy groups -OCH3 is 1. The molecule has 11 atom stereocenters. The van der Waals surface area contributed by atoms with E-state index in [0.29, 0.717) is 49.6 Å². The van der Waals surface area contributed by atoms with Gasteiger partial charge in [0.25, 0.3) is 0 Å². The molecule has 0 spiro atoms. The molecule has 3 aliphatic heterocycles. The first kappa shape index (κ1) is 17.6. The van der Waals surface area contributed by atoms with Crippen LogP contribution in [0.3, 0.4) is 0 Å². The molecule has 11 unspecified atom stereocenters. The smallest absolute Gasteiger partial charge is 0.147 e. The number of piperidine rings is 1. The van der Waals surface area contributed by atoms with Crippen molar-refractivity contribution in [2.75, 3.05) is 27.7 Å². The van der Waals surface area contributed by atoms with Crippen LogP contribution in [-0.4, -0.2) is 69.3 Å². The molecule has 6 rings (SSSR count). The monoisotopic (exact) mass is 379 g/mol. The Kier molecular flexibility index (Phi) is 4.33. The van der Waals surface area contributed by atoms with Gasteiger partial charge in [0, 0.05) is 19.1 Å². The van der Waals surface area contributed by atoms with Crippen LogP contribution in [0.1, 0.15) is 38.5 Å². The summed E-state index contributed by atoms with van der Waals surface area (Å²) in [6, 6.07) is 0.596. The largest absolute Gasteiger partial charge is 0.366 e. The van der Waals surface area contributed by atoms with Crippen LogP contribution in [-0.2, 0) is 23.7 Å². The van der Waals surface area contributed by atoms with Gasteiger partial charge in [-0.25, -0.2) is 0 Å². The number of hydrogen-bond donors (Lipinski definition) is 0. The van der Waals surface area contributed by atoms with Crippen molar-refractivity contribution < 1.29 is 23.7 Å². The Labute approximate surface area is 161 Å². The van der Waals surface area contributed by atoms with E-state index >= 15 is 0 Å². The fourth-order valence-electron chi connectivity index (χ4n) is 7.96. The van der Waals surface area contributed by atoms with Crippen LogP contribution in [0.5, 0.6) is 0 Å². The summed E-state index contributed by atoms with van der Waals surface area (Å²) in [6.45, 7) is 0.947. The van der Waals surface area contributed by atoms with E-state index in [1.54, 1.807) is 0 Å². The molecule has 6 heteroatoms. The van der Waals surface area contributed by atoms with E-state index < -0.39 is 0 Å². The van der Waals surface area contributed by atoms with Gasteiger partial charge in [-0.15, -0.1) is 0 Å². The minimum Gasteiger partial charge on any atom is -0.366 e. The van der Waals surface area contributed by atoms with Crippen LogP contribution in [0.15, 0.2) is 0 Å². The second-order valence-electron chi connectivity index (χ2n) is 9.72. The first-order chi connectivity index (χ1) is 13.3. The molecule has 6 aliphatic rings. The van der Waals surface area contributed by atoms with Crippen molar-refractivity contribution in [3.63, 3.8) is 0 Å². The van der Waals surface area contributed by atoms with Gasteiger partial charge in [0.2, 0.25) is 0 Å². The van der Waals surface area contributed by atoms with Gasteiger partial charge < -0.3 is 23.7 Å². The van der Waals surface area contributed by atoms with Crippen molar-refractivity contribution >= 4 is 0 Å². The third kappa shape index (κ3) is 2.53. The lowest BCUT2D eigenvalue weighted by atomic mass is 9.54. The number of hydrogen-bond acceptors (Lipinski definition) is 6. The van der Waals surface area contributed by atoms with Gasteiger partial charge in [-0.1, -0.05) is 0 Å². The lowest BCUT2D eigenvalue weighted by Crippen LogP contribution is -2.67. The second kappa shape index (κ2) is 6.64. The normalized spacial score (nSPS) is 57.3. The molecule has 3 aliphatic carbocycles. The Balaban J connectivity index is 1.32. The van der Waals surface area contributed by atoms with Gasteiger partial charge in [-0.3, -0.25) is 4.90 Å². The summed E-state index contributed by atoms with van der Waals surface area (Å²) < 4.78 is 29.9. The van der Waals surface area contributed by atoms with E-state index in [9.17, 15) is 0 Å². The van der Waals surface area contributed by atoms with Crippen molar-refractivity contribution in [1.29, 1.82) is 0 Å². The van der Waals surface area contributed by atoms with Crippen LogP contribution < -0.4 is 0 Å². The molecular weight excluding hydrogens is 346 g/mol. The van der Waals surface area contributed by atoms with Gasteiger partial charge in [-0.05, 0) is 69.2 Å². The van der Waals surface area contributed by atoms with E-state index in [4.69, 9.17) is 23.7 Å². The fourth-order valence-corrected chi connectivity index (χ4v) is 7.96. The van der Waals surface area contributed by atoms with E-state index in [2.05, 4.69) is 11.9 Å². The summed E-state index contributed by atoms with van der Waals surface area (Å²) >= 11 is 0. The van der Waals surface area contributed by atoms with Gasteiger partial charge in [0.15, 0.2) is 0 Å². The number of nitrogens with zero attached hydrogens (tertiary/aromatic N) is 1. The predicted octanol–water partition coefficient (Wildman–Crippen LogP) is 2.22. The molecule has 3 saturated heterocycles. The van der Waals surface area contributed by atoms with Crippen LogP contribution in [0.25, 0.3) is 0 Å². The average molecular weight is 379 g/mol. The molecule has 0 aromatic carbocycles. The van der Waals surface area contributed by atoms with E-state index in [1.807, 2.05) is 7.11 Å². The lowest BCUT2D eigenvalue weighted by molar-refractivity contribution is -0.219. The molecule has 0 bridgehead atoms. The quantitative estimate of drug-likeness (QED) is 0.696. The molecule has 0 N–H and O–H groups in total. The van der Waals surface area contributed by atoms with Gasteiger partial charge in [0.05, 0.1) is 24.4 Å². The Morgan fingerprint density at radius 2 is 1.52 bits per heavy atom. The number of rotatable bonds is 1. The zero-order valence-electron chi connectivity index (χ0n) is 16.5. The third-order valence-corrected chi connectivity index (χ3v) is 8.93. The molecule has 0 amide bonds. The maximum atomic E-state index is 6.13. The zero-order valence-corrected chi connectivity index (χ0v) is 16.5. The predicted molar refractivity (Wildman–Crippen MR) is 96.7 cm³/mol. The summed E-state index contributed by atoms with van der Waals surface area (Å²) in [5, 5.41) is 0. The summed E-state index contributed by atoms with van der Waals surface area (Å²) in [6.07, 6.45) is 8.66. The molecular formula is C21H33NO5. The van der Waals surface area contributed by atoms with Gasteiger partial charge in [0.1, 0.15) is 19.8 Å². The highest BCUT2D eigenvalue weighted by Gasteiger charge is 2.60. The summed E-state index contributed by atoms with van der Waals surface area (Å²) in [7, 11) is 4.17. The SMILES string of the molecule is COC1C2C(CCC3OCOC32)C2CCC3CC4OCOC4CC3C2N1C. The fraction of sp³-hybridized carbons (Fsp3) is 1.00. The molecule has 6 nitrogen and oxygen atoms in total. The highest BCUT2D eigenvalue weighted by atomic mass is 16.7.